The zero-order chi connectivity index (χ0) is 28.5. The molecule has 3 fully saturated rings. The third kappa shape index (κ3) is 7.71. The highest BCUT2D eigenvalue weighted by molar-refractivity contribution is 5.14. The van der Waals surface area contributed by atoms with Crippen molar-refractivity contribution in [3.63, 3.8) is 0 Å². The molecule has 4 aliphatic rings. The van der Waals surface area contributed by atoms with Crippen LogP contribution < -0.4 is 16.0 Å². The summed E-state index contributed by atoms with van der Waals surface area (Å²) in [7, 11) is 3.91. The van der Waals surface area contributed by atoms with Gasteiger partial charge in [0.1, 0.15) is 6.23 Å². The van der Waals surface area contributed by atoms with Crippen LogP contribution in [0.1, 0.15) is 58.8 Å². The molecule has 0 aromatic heterocycles. The summed E-state index contributed by atoms with van der Waals surface area (Å²) in [5.41, 5.74) is 1.45. The summed E-state index contributed by atoms with van der Waals surface area (Å²) >= 11 is 0. The van der Waals surface area contributed by atoms with Gasteiger partial charge in [-0.15, -0.1) is 0 Å². The maximum atomic E-state index is 13.6. The molecule has 0 amide bonds. The number of hydrogen-bond donors (Lipinski definition) is 4. The summed E-state index contributed by atoms with van der Waals surface area (Å²) in [6.07, 6.45) is 1.08. The number of nitrogens with one attached hydrogen (secondary N) is 3. The van der Waals surface area contributed by atoms with Crippen LogP contribution in [-0.4, -0.2) is 96.4 Å². The van der Waals surface area contributed by atoms with Crippen LogP contribution in [-0.2, 0) is 0 Å². The van der Waals surface area contributed by atoms with Crippen molar-refractivity contribution in [3.05, 3.63) is 21.8 Å². The van der Waals surface area contributed by atoms with Crippen molar-refractivity contribution in [2.45, 2.75) is 102 Å². The zero-order valence-electron chi connectivity index (χ0n) is 23.7. The number of nitrogens with zero attached hydrogens (tertiary/aromatic N) is 3. The standard InChI is InChI=1S/C27H47F3N6O3/c1-16(20-11-21(27(28,29)30)14-22(12-20)36(38)39)31-26-23-13-19(5-6-24(23)32-17(2)33-26)18-7-9-35(10-8-18)25(37)15-34(3)4/h7,16-17,19-26,31-33,37H,5-6,8-15H2,1-4H3. The Morgan fingerprint density at radius 3 is 2.59 bits per heavy atom. The Morgan fingerprint density at radius 1 is 1.23 bits per heavy atom. The molecule has 0 radical (unpaired) electrons. The van der Waals surface area contributed by atoms with E-state index in [-0.39, 0.29) is 37.1 Å². The van der Waals surface area contributed by atoms with Crippen molar-refractivity contribution in [2.75, 3.05) is 33.7 Å². The maximum absolute atomic E-state index is 13.6. The SMILES string of the molecule is CC1NC2CCC(C3=CCN(C(O)CN(C)C)CC3)CC2C(NC(C)C2CC([N+](=O)[O-])CC(C(F)(F)F)C2)N1. The van der Waals surface area contributed by atoms with Crippen LogP contribution >= 0.6 is 0 Å². The molecular weight excluding hydrogens is 513 g/mol. The van der Waals surface area contributed by atoms with Crippen LogP contribution in [0.25, 0.3) is 0 Å². The lowest BCUT2D eigenvalue weighted by Crippen LogP contribution is -2.69. The van der Waals surface area contributed by atoms with Crippen LogP contribution in [0, 0.1) is 33.8 Å². The van der Waals surface area contributed by atoms with E-state index in [9.17, 15) is 28.4 Å². The Bertz CT molecular complexity index is 874. The molecule has 0 aromatic rings. The lowest BCUT2D eigenvalue weighted by atomic mass is 9.71. The van der Waals surface area contributed by atoms with Gasteiger partial charge >= 0.3 is 6.18 Å². The van der Waals surface area contributed by atoms with Gasteiger partial charge in [-0.05, 0) is 71.9 Å². The third-order valence-electron chi connectivity index (χ3n) is 9.60. The fourth-order valence-electron chi connectivity index (χ4n) is 7.43. The summed E-state index contributed by atoms with van der Waals surface area (Å²) in [4.78, 5) is 15.0. The fourth-order valence-corrected chi connectivity index (χ4v) is 7.43. The van der Waals surface area contributed by atoms with Crippen LogP contribution in [0.2, 0.25) is 0 Å². The highest BCUT2D eigenvalue weighted by Crippen LogP contribution is 2.43. The van der Waals surface area contributed by atoms with Crippen molar-refractivity contribution >= 4 is 0 Å². The van der Waals surface area contributed by atoms with Crippen LogP contribution in [0.15, 0.2) is 11.6 Å². The average molecular weight is 561 g/mol. The number of halogens is 3. The smallest absolute Gasteiger partial charge is 0.377 e. The normalized spacial score (nSPS) is 38.1. The molecule has 2 aliphatic carbocycles. The van der Waals surface area contributed by atoms with Gasteiger partial charge in [0.25, 0.3) is 0 Å². The number of alkyl halides is 3. The lowest BCUT2D eigenvalue weighted by molar-refractivity contribution is -0.532. The molecule has 2 heterocycles. The van der Waals surface area contributed by atoms with Gasteiger partial charge in [-0.2, -0.15) is 13.2 Å². The first-order chi connectivity index (χ1) is 18.3. The summed E-state index contributed by atoms with van der Waals surface area (Å²) in [5, 5.41) is 32.8. The highest BCUT2D eigenvalue weighted by Gasteiger charge is 2.50. The molecule has 0 aromatic carbocycles. The van der Waals surface area contributed by atoms with E-state index < -0.39 is 41.6 Å². The van der Waals surface area contributed by atoms with Crippen molar-refractivity contribution in [1.82, 2.24) is 25.8 Å². The maximum Gasteiger partial charge on any atom is 0.392 e. The van der Waals surface area contributed by atoms with E-state index in [1.165, 1.54) is 5.57 Å². The Morgan fingerprint density at radius 2 is 1.97 bits per heavy atom. The second-order valence-corrected chi connectivity index (χ2v) is 12.7. The molecule has 0 bridgehead atoms. The molecule has 4 rings (SSSR count). The summed E-state index contributed by atoms with van der Waals surface area (Å²) in [6.45, 7) is 6.12. The van der Waals surface area contributed by atoms with Gasteiger partial charge in [-0.3, -0.25) is 31.0 Å². The Kier molecular flexibility index (Phi) is 9.97. The highest BCUT2D eigenvalue weighted by atomic mass is 19.4. The van der Waals surface area contributed by atoms with E-state index in [0.717, 1.165) is 38.8 Å². The van der Waals surface area contributed by atoms with Gasteiger partial charge in [0.15, 0.2) is 0 Å². The van der Waals surface area contributed by atoms with Crippen LogP contribution in [0.5, 0.6) is 0 Å². The molecule has 4 N–H and O–H groups in total. The van der Waals surface area contributed by atoms with Crippen molar-refractivity contribution in [3.8, 4) is 0 Å². The molecule has 2 saturated carbocycles. The molecule has 224 valence electrons. The fraction of sp³-hybridized carbons (Fsp3) is 0.926. The molecule has 39 heavy (non-hydrogen) atoms. The number of likely N-dealkylation sites (N-methyl/N-ethyl adjacent to an activating group) is 1. The molecule has 0 spiro atoms. The van der Waals surface area contributed by atoms with Gasteiger partial charge in [0, 0.05) is 55.4 Å². The Labute approximate surface area is 230 Å². The van der Waals surface area contributed by atoms with Crippen LogP contribution in [0.4, 0.5) is 13.2 Å². The topological polar surface area (TPSA) is 106 Å². The lowest BCUT2D eigenvalue weighted by Gasteiger charge is -2.50. The van der Waals surface area contributed by atoms with E-state index in [4.69, 9.17) is 0 Å². The molecule has 1 saturated heterocycles. The van der Waals surface area contributed by atoms with E-state index in [1.54, 1.807) is 0 Å². The molecule has 9 nitrogen and oxygen atoms in total. The third-order valence-corrected chi connectivity index (χ3v) is 9.60. The first-order valence-electron chi connectivity index (χ1n) is 14.6. The van der Waals surface area contributed by atoms with Crippen LogP contribution in [0.3, 0.4) is 0 Å². The summed E-state index contributed by atoms with van der Waals surface area (Å²) in [6, 6.07) is -1.12. The Balaban J connectivity index is 1.40. The molecule has 10 atom stereocenters. The molecule has 12 heteroatoms. The first kappa shape index (κ1) is 30.6. The number of aliphatic hydroxyl groups is 1. The minimum Gasteiger partial charge on any atom is -0.377 e. The summed E-state index contributed by atoms with van der Waals surface area (Å²) in [5.74, 6) is -1.34. The minimum absolute atomic E-state index is 0.0638. The van der Waals surface area contributed by atoms with Gasteiger partial charge in [-0.25, -0.2) is 0 Å². The minimum atomic E-state index is -4.42. The van der Waals surface area contributed by atoms with E-state index in [0.29, 0.717) is 18.5 Å². The number of hydrogen-bond acceptors (Lipinski definition) is 8. The number of rotatable bonds is 8. The van der Waals surface area contributed by atoms with Gasteiger partial charge in [0.05, 0.1) is 18.2 Å². The van der Waals surface area contributed by atoms with E-state index in [2.05, 4.69) is 33.9 Å². The van der Waals surface area contributed by atoms with Crippen molar-refractivity contribution in [2.24, 2.45) is 23.7 Å². The van der Waals surface area contributed by atoms with E-state index >= 15 is 0 Å². The Hall–Kier alpha value is -1.31. The quantitative estimate of drug-likeness (QED) is 0.204. The monoisotopic (exact) mass is 560 g/mol. The predicted octanol–water partition coefficient (Wildman–Crippen LogP) is 2.75. The number of fused-ring (bicyclic) bond motifs is 1. The molecular formula is C27H47F3N6O3. The largest absolute Gasteiger partial charge is 0.392 e. The van der Waals surface area contributed by atoms with Crippen molar-refractivity contribution < 1.29 is 23.2 Å². The first-order valence-corrected chi connectivity index (χ1v) is 14.6. The van der Waals surface area contributed by atoms with Gasteiger partial charge < -0.3 is 10.0 Å². The number of aliphatic hydroxyl groups excluding tert-OH is 1. The average Bonchev–Trinajstić information content (AvgIpc) is 2.87. The predicted molar refractivity (Wildman–Crippen MR) is 143 cm³/mol. The van der Waals surface area contributed by atoms with Gasteiger partial charge in [0.2, 0.25) is 6.04 Å². The zero-order valence-corrected chi connectivity index (χ0v) is 23.7. The van der Waals surface area contributed by atoms with Crippen molar-refractivity contribution in [1.29, 1.82) is 0 Å². The molecule has 10 unspecified atom stereocenters. The number of nitro groups is 1. The second kappa shape index (κ2) is 12.7. The summed E-state index contributed by atoms with van der Waals surface area (Å²) < 4.78 is 40.8. The van der Waals surface area contributed by atoms with Gasteiger partial charge in [-0.1, -0.05) is 11.6 Å². The van der Waals surface area contributed by atoms with E-state index in [1.807, 2.05) is 25.9 Å². The molecule has 2 aliphatic heterocycles. The second-order valence-electron chi connectivity index (χ2n) is 12.7.